The van der Waals surface area contributed by atoms with Gasteiger partial charge in [0.1, 0.15) is 5.69 Å². The fraction of sp³-hybridized carbons (Fsp3) is 0.375. The maximum atomic E-state index is 13.4. The summed E-state index contributed by atoms with van der Waals surface area (Å²) in [4.78, 5) is 40.0. The standard InChI is InChI=1S/C24H30N2O4/c1-7-15-26(20(27)14-13-19-11-9-8-10-12-19)18(4)23(28)21-16(2)22(24(29)30-6)25(5)17(21)3/h7-12,18H,1,13-15H2,2-6H3. The molecule has 1 amide bonds. The van der Waals surface area contributed by atoms with Crippen molar-refractivity contribution in [2.24, 2.45) is 7.05 Å². The monoisotopic (exact) mass is 410 g/mol. The van der Waals surface area contributed by atoms with Gasteiger partial charge < -0.3 is 14.2 Å². The molecule has 30 heavy (non-hydrogen) atoms. The number of ether oxygens (including phenoxy) is 1. The Morgan fingerprint density at radius 1 is 1.20 bits per heavy atom. The molecule has 0 N–H and O–H groups in total. The van der Waals surface area contributed by atoms with E-state index in [-0.39, 0.29) is 18.2 Å². The van der Waals surface area contributed by atoms with Gasteiger partial charge in [0.05, 0.1) is 13.2 Å². The van der Waals surface area contributed by atoms with Gasteiger partial charge in [-0.2, -0.15) is 0 Å². The molecule has 1 atom stereocenters. The molecule has 1 unspecified atom stereocenters. The van der Waals surface area contributed by atoms with E-state index in [1.807, 2.05) is 30.3 Å². The van der Waals surface area contributed by atoms with Crippen LogP contribution in [0.1, 0.15) is 51.0 Å². The second kappa shape index (κ2) is 10.1. The minimum atomic E-state index is -0.684. The van der Waals surface area contributed by atoms with Crippen molar-refractivity contribution in [3.05, 3.63) is 71.1 Å². The first-order chi connectivity index (χ1) is 14.2. The van der Waals surface area contributed by atoms with Gasteiger partial charge in [-0.15, -0.1) is 6.58 Å². The number of benzene rings is 1. The smallest absolute Gasteiger partial charge is 0.354 e. The summed E-state index contributed by atoms with van der Waals surface area (Å²) in [6, 6.07) is 9.08. The van der Waals surface area contributed by atoms with E-state index < -0.39 is 12.0 Å². The van der Waals surface area contributed by atoms with Gasteiger partial charge in [-0.1, -0.05) is 36.4 Å². The van der Waals surface area contributed by atoms with Gasteiger partial charge in [0.2, 0.25) is 5.91 Å². The van der Waals surface area contributed by atoms with Crippen LogP contribution in [-0.4, -0.2) is 46.8 Å². The predicted octanol–water partition coefficient (Wildman–Crippen LogP) is 3.65. The van der Waals surface area contributed by atoms with Crippen LogP contribution in [0.3, 0.4) is 0 Å². The van der Waals surface area contributed by atoms with E-state index in [9.17, 15) is 14.4 Å². The van der Waals surface area contributed by atoms with Crippen LogP contribution < -0.4 is 0 Å². The molecule has 2 aromatic rings. The number of aromatic nitrogens is 1. The minimum absolute atomic E-state index is 0.112. The van der Waals surface area contributed by atoms with Crippen LogP contribution in [0, 0.1) is 13.8 Å². The Kier molecular flexibility index (Phi) is 7.75. The molecule has 0 aliphatic heterocycles. The number of methoxy groups -OCH3 is 1. The normalized spacial score (nSPS) is 11.6. The first-order valence-electron chi connectivity index (χ1n) is 9.97. The molecule has 0 saturated heterocycles. The molecule has 160 valence electrons. The van der Waals surface area contributed by atoms with Gasteiger partial charge in [-0.3, -0.25) is 9.59 Å². The Balaban J connectivity index is 2.27. The lowest BCUT2D eigenvalue weighted by atomic mass is 9.99. The molecular weight excluding hydrogens is 380 g/mol. The maximum absolute atomic E-state index is 13.4. The molecule has 0 bridgehead atoms. The number of amides is 1. The van der Waals surface area contributed by atoms with E-state index in [0.717, 1.165) is 5.56 Å². The molecule has 0 spiro atoms. The topological polar surface area (TPSA) is 68.6 Å². The van der Waals surface area contributed by atoms with Gasteiger partial charge in [0, 0.05) is 31.3 Å². The molecule has 2 rings (SSSR count). The van der Waals surface area contributed by atoms with Crippen molar-refractivity contribution in [1.29, 1.82) is 0 Å². The van der Waals surface area contributed by atoms with Crippen LogP contribution in [0.15, 0.2) is 43.0 Å². The SMILES string of the molecule is C=CCN(C(=O)CCc1ccccc1)C(C)C(=O)c1c(C)c(C(=O)OC)n(C)c1C. The Morgan fingerprint density at radius 3 is 2.40 bits per heavy atom. The fourth-order valence-electron chi connectivity index (χ4n) is 3.73. The lowest BCUT2D eigenvalue weighted by molar-refractivity contribution is -0.131. The molecule has 0 radical (unpaired) electrons. The number of aryl methyl sites for hydroxylation is 1. The predicted molar refractivity (Wildman–Crippen MR) is 117 cm³/mol. The maximum Gasteiger partial charge on any atom is 0.354 e. The Hall–Kier alpha value is -3.15. The second-order valence-corrected chi connectivity index (χ2v) is 7.35. The van der Waals surface area contributed by atoms with E-state index in [1.165, 1.54) is 7.11 Å². The third-order valence-electron chi connectivity index (χ3n) is 5.52. The van der Waals surface area contributed by atoms with Crippen molar-refractivity contribution >= 4 is 17.7 Å². The van der Waals surface area contributed by atoms with Gasteiger partial charge >= 0.3 is 5.97 Å². The summed E-state index contributed by atoms with van der Waals surface area (Å²) in [7, 11) is 3.04. The van der Waals surface area contributed by atoms with Gasteiger partial charge in [0.15, 0.2) is 5.78 Å². The van der Waals surface area contributed by atoms with Crippen molar-refractivity contribution in [3.63, 3.8) is 0 Å². The van der Waals surface area contributed by atoms with Gasteiger partial charge in [-0.05, 0) is 38.3 Å². The summed E-state index contributed by atoms with van der Waals surface area (Å²) in [5, 5.41) is 0. The van der Waals surface area contributed by atoms with Gasteiger partial charge in [-0.25, -0.2) is 4.79 Å². The van der Waals surface area contributed by atoms with Crippen molar-refractivity contribution in [2.45, 2.75) is 39.7 Å². The first-order valence-corrected chi connectivity index (χ1v) is 9.97. The average Bonchev–Trinajstić information content (AvgIpc) is 2.97. The number of hydrogen-bond donors (Lipinski definition) is 0. The minimum Gasteiger partial charge on any atom is -0.464 e. The lowest BCUT2D eigenvalue weighted by Crippen LogP contribution is -2.43. The second-order valence-electron chi connectivity index (χ2n) is 7.35. The fourth-order valence-corrected chi connectivity index (χ4v) is 3.73. The molecule has 0 fully saturated rings. The van der Waals surface area contributed by atoms with Crippen molar-refractivity contribution < 1.29 is 19.1 Å². The van der Waals surface area contributed by atoms with Gasteiger partial charge in [0.25, 0.3) is 0 Å². The highest BCUT2D eigenvalue weighted by molar-refractivity contribution is 6.06. The molecule has 0 aliphatic rings. The molecule has 1 heterocycles. The van der Waals surface area contributed by atoms with Crippen LogP contribution in [0.2, 0.25) is 0 Å². The number of rotatable bonds is 9. The zero-order valence-electron chi connectivity index (χ0n) is 18.4. The van der Waals surface area contributed by atoms with Crippen LogP contribution in [0.5, 0.6) is 0 Å². The summed E-state index contributed by atoms with van der Waals surface area (Å²) < 4.78 is 6.52. The third-order valence-corrected chi connectivity index (χ3v) is 5.52. The molecular formula is C24H30N2O4. The number of esters is 1. The largest absolute Gasteiger partial charge is 0.464 e. The summed E-state index contributed by atoms with van der Waals surface area (Å²) in [6.45, 7) is 9.24. The lowest BCUT2D eigenvalue weighted by Gasteiger charge is -2.27. The first kappa shape index (κ1) is 23.1. The average molecular weight is 411 g/mol. The Labute approximate surface area is 178 Å². The van der Waals surface area contributed by atoms with Crippen LogP contribution in [-0.2, 0) is 23.0 Å². The molecule has 6 heteroatoms. The summed E-state index contributed by atoms with van der Waals surface area (Å²) in [6.07, 6.45) is 2.52. The quantitative estimate of drug-likeness (QED) is 0.360. The number of carbonyl (C=O) groups excluding carboxylic acids is 3. The van der Waals surface area contributed by atoms with Crippen molar-refractivity contribution in [1.82, 2.24) is 9.47 Å². The van der Waals surface area contributed by atoms with Crippen LogP contribution in [0.4, 0.5) is 0 Å². The number of carbonyl (C=O) groups is 3. The highest BCUT2D eigenvalue weighted by Gasteiger charge is 2.31. The molecule has 6 nitrogen and oxygen atoms in total. The van der Waals surface area contributed by atoms with Crippen LogP contribution in [0.25, 0.3) is 0 Å². The summed E-state index contributed by atoms with van der Waals surface area (Å²) in [5.74, 6) is -0.809. The number of Topliss-reactive ketones (excluding diaryl/α,β-unsaturated/α-hetero) is 1. The van der Waals surface area contributed by atoms with E-state index in [0.29, 0.717) is 35.4 Å². The Morgan fingerprint density at radius 2 is 1.83 bits per heavy atom. The van der Waals surface area contributed by atoms with Crippen LogP contribution >= 0.6 is 0 Å². The van der Waals surface area contributed by atoms with Crippen molar-refractivity contribution in [2.75, 3.05) is 13.7 Å². The third kappa shape index (κ3) is 4.70. The van der Waals surface area contributed by atoms with E-state index in [4.69, 9.17) is 4.74 Å². The van der Waals surface area contributed by atoms with E-state index in [1.54, 1.807) is 43.4 Å². The molecule has 0 saturated carbocycles. The zero-order valence-corrected chi connectivity index (χ0v) is 18.4. The van der Waals surface area contributed by atoms with E-state index >= 15 is 0 Å². The highest BCUT2D eigenvalue weighted by Crippen LogP contribution is 2.25. The molecule has 0 aliphatic carbocycles. The van der Waals surface area contributed by atoms with E-state index in [2.05, 4.69) is 6.58 Å². The molecule has 1 aromatic carbocycles. The highest BCUT2D eigenvalue weighted by atomic mass is 16.5. The summed E-state index contributed by atoms with van der Waals surface area (Å²) >= 11 is 0. The number of nitrogens with zero attached hydrogens (tertiary/aromatic N) is 2. The number of ketones is 1. The van der Waals surface area contributed by atoms with Crippen molar-refractivity contribution in [3.8, 4) is 0 Å². The Bertz CT molecular complexity index is 944. The molecule has 1 aromatic heterocycles. The number of hydrogen-bond acceptors (Lipinski definition) is 4. The summed E-state index contributed by atoms with van der Waals surface area (Å²) in [5.41, 5.74) is 3.10. The zero-order chi connectivity index (χ0) is 22.4.